The van der Waals surface area contributed by atoms with Gasteiger partial charge in [0.1, 0.15) is 5.54 Å². The predicted octanol–water partition coefficient (Wildman–Crippen LogP) is 5.31. The Bertz CT molecular complexity index is 1110. The number of hydrogen-bond donors (Lipinski definition) is 1. The minimum Gasteiger partial charge on any atom is -0.466 e. The van der Waals surface area contributed by atoms with Gasteiger partial charge in [0.15, 0.2) is 0 Å². The molecule has 8 nitrogen and oxygen atoms in total. The number of nitro groups is 1. The normalized spacial score (nSPS) is 21.1. The van der Waals surface area contributed by atoms with Gasteiger partial charge in [0.2, 0.25) is 5.91 Å². The Morgan fingerprint density at radius 3 is 2.54 bits per heavy atom. The average molecular weight is 508 g/mol. The van der Waals surface area contributed by atoms with Crippen LogP contribution in [0.5, 0.6) is 0 Å². The minimum atomic E-state index is -1.42. The van der Waals surface area contributed by atoms with Crippen molar-refractivity contribution in [1.82, 2.24) is 0 Å². The van der Waals surface area contributed by atoms with Crippen LogP contribution in [0.2, 0.25) is 0 Å². The van der Waals surface area contributed by atoms with E-state index >= 15 is 0 Å². The van der Waals surface area contributed by atoms with E-state index in [1.165, 1.54) is 31.4 Å². The lowest BCUT2D eigenvalue weighted by atomic mass is 9.74. The Labute approximate surface area is 218 Å². The molecule has 2 atom stereocenters. The van der Waals surface area contributed by atoms with Gasteiger partial charge in [0.25, 0.3) is 5.69 Å². The van der Waals surface area contributed by atoms with E-state index in [-0.39, 0.29) is 24.7 Å². The molecule has 0 aromatic heterocycles. The summed E-state index contributed by atoms with van der Waals surface area (Å²) < 4.78 is 5.46. The summed E-state index contributed by atoms with van der Waals surface area (Å²) in [6.07, 6.45) is 8.25. The third-order valence-corrected chi connectivity index (χ3v) is 8.00. The van der Waals surface area contributed by atoms with E-state index < -0.39 is 22.3 Å². The molecule has 1 heterocycles. The lowest BCUT2D eigenvalue weighted by Gasteiger charge is -2.38. The smallest absolute Gasteiger partial charge is 0.311 e. The van der Waals surface area contributed by atoms with Crippen molar-refractivity contribution in [2.45, 2.75) is 76.8 Å². The molecule has 0 radical (unpaired) electrons. The summed E-state index contributed by atoms with van der Waals surface area (Å²) in [5.74, 6) is -0.910. The number of amides is 1. The van der Waals surface area contributed by atoms with Crippen LogP contribution in [-0.4, -0.2) is 28.9 Å². The molecule has 1 saturated carbocycles. The van der Waals surface area contributed by atoms with Gasteiger partial charge in [-0.25, -0.2) is 0 Å². The number of rotatable bonds is 9. The van der Waals surface area contributed by atoms with Gasteiger partial charge in [0.05, 0.1) is 24.0 Å². The van der Waals surface area contributed by atoms with Gasteiger partial charge in [-0.3, -0.25) is 19.7 Å². The van der Waals surface area contributed by atoms with Crippen molar-refractivity contribution in [3.8, 4) is 0 Å². The van der Waals surface area contributed by atoms with E-state index in [9.17, 15) is 19.7 Å². The highest BCUT2D eigenvalue weighted by atomic mass is 16.6. The molecular formula is C29H37N3O5. The molecule has 8 heteroatoms. The Morgan fingerprint density at radius 1 is 1.16 bits per heavy atom. The molecule has 2 N–H and O–H groups in total. The summed E-state index contributed by atoms with van der Waals surface area (Å²) in [5, 5.41) is 11.1. The lowest BCUT2D eigenvalue weighted by molar-refractivity contribution is -0.384. The number of nitrogens with two attached hydrogens (primary N) is 1. The van der Waals surface area contributed by atoms with Crippen LogP contribution >= 0.6 is 0 Å². The third-order valence-electron chi connectivity index (χ3n) is 8.00. The molecular weight excluding hydrogens is 470 g/mol. The SMILES string of the molecule is CCOC(=O)[C@@H](CCC1CCCCC1)C1(N)CCc2ccccc2N(Cc2ccc([N+](=O)[O-])cc2)C1=O. The van der Waals surface area contributed by atoms with Crippen LogP contribution < -0.4 is 10.6 Å². The zero-order valence-electron chi connectivity index (χ0n) is 21.6. The minimum absolute atomic E-state index is 0.00963. The van der Waals surface area contributed by atoms with E-state index in [1.807, 2.05) is 24.3 Å². The largest absolute Gasteiger partial charge is 0.466 e. The first-order valence-corrected chi connectivity index (χ1v) is 13.4. The van der Waals surface area contributed by atoms with E-state index in [4.69, 9.17) is 10.5 Å². The molecule has 198 valence electrons. The molecule has 1 aliphatic heterocycles. The van der Waals surface area contributed by atoms with Gasteiger partial charge in [-0.2, -0.15) is 0 Å². The molecule has 2 aromatic rings. The number of ether oxygens (including phenoxy) is 1. The van der Waals surface area contributed by atoms with Crippen molar-refractivity contribution in [2.24, 2.45) is 17.6 Å². The van der Waals surface area contributed by atoms with Crippen LogP contribution in [0.25, 0.3) is 0 Å². The first kappa shape index (κ1) is 26.8. The highest BCUT2D eigenvalue weighted by Crippen LogP contribution is 2.38. The van der Waals surface area contributed by atoms with Gasteiger partial charge in [-0.1, -0.05) is 62.4 Å². The molecule has 2 aromatic carbocycles. The molecule has 0 bridgehead atoms. The lowest BCUT2D eigenvalue weighted by Crippen LogP contribution is -2.61. The first-order chi connectivity index (χ1) is 17.8. The number of non-ortho nitro benzene ring substituents is 1. The number of hydrogen-bond acceptors (Lipinski definition) is 6. The maximum absolute atomic E-state index is 14.3. The van der Waals surface area contributed by atoms with Gasteiger partial charge < -0.3 is 15.4 Å². The van der Waals surface area contributed by atoms with Gasteiger partial charge in [-0.05, 0) is 55.7 Å². The molecule has 0 spiro atoms. The van der Waals surface area contributed by atoms with Crippen molar-refractivity contribution >= 4 is 23.3 Å². The number of benzene rings is 2. The number of anilines is 1. The van der Waals surface area contributed by atoms with Crippen LogP contribution in [0.15, 0.2) is 48.5 Å². The molecule has 4 rings (SSSR count). The fourth-order valence-corrected chi connectivity index (χ4v) is 5.89. The Balaban J connectivity index is 1.66. The summed E-state index contributed by atoms with van der Waals surface area (Å²) in [7, 11) is 0. The predicted molar refractivity (Wildman–Crippen MR) is 142 cm³/mol. The third kappa shape index (κ3) is 6.01. The second kappa shape index (κ2) is 11.9. The summed E-state index contributed by atoms with van der Waals surface area (Å²) in [4.78, 5) is 39.9. The Morgan fingerprint density at radius 2 is 1.86 bits per heavy atom. The summed E-state index contributed by atoms with van der Waals surface area (Å²) in [6.45, 7) is 2.20. The fraction of sp³-hybridized carbons (Fsp3) is 0.517. The number of fused-ring (bicyclic) bond motifs is 1. The molecule has 2 aliphatic rings. The summed E-state index contributed by atoms with van der Waals surface area (Å²) in [6, 6.07) is 13.9. The van der Waals surface area contributed by atoms with Gasteiger partial charge >= 0.3 is 5.97 Å². The van der Waals surface area contributed by atoms with Gasteiger partial charge in [0, 0.05) is 17.8 Å². The second-order valence-electron chi connectivity index (χ2n) is 10.4. The number of aryl methyl sites for hydroxylation is 1. The number of esters is 1. The first-order valence-electron chi connectivity index (χ1n) is 13.4. The summed E-state index contributed by atoms with van der Waals surface area (Å²) >= 11 is 0. The van der Waals surface area contributed by atoms with Crippen molar-refractivity contribution in [1.29, 1.82) is 0 Å². The van der Waals surface area contributed by atoms with Crippen LogP contribution in [0.4, 0.5) is 11.4 Å². The van der Waals surface area contributed by atoms with Crippen LogP contribution in [-0.2, 0) is 27.3 Å². The second-order valence-corrected chi connectivity index (χ2v) is 10.4. The Hall–Kier alpha value is -3.26. The van der Waals surface area contributed by atoms with Crippen LogP contribution in [0.1, 0.15) is 69.4 Å². The average Bonchev–Trinajstić information content (AvgIpc) is 3.01. The molecule has 1 aliphatic carbocycles. The quantitative estimate of drug-likeness (QED) is 0.279. The standard InChI is InChI=1S/C29H37N3O5/c1-2-37-27(33)25(17-14-21-8-4-3-5-9-21)29(30)19-18-23-10-6-7-11-26(23)31(28(29)34)20-22-12-15-24(16-13-22)32(35)36/h6-7,10-13,15-16,21,25H,2-5,8-9,14,17-20,30H2,1H3/t25-,29?/m1/s1. The highest BCUT2D eigenvalue weighted by molar-refractivity contribution is 6.04. The van der Waals surface area contributed by atoms with Crippen molar-refractivity contribution < 1.29 is 19.2 Å². The zero-order chi connectivity index (χ0) is 26.4. The topological polar surface area (TPSA) is 116 Å². The summed E-state index contributed by atoms with van der Waals surface area (Å²) in [5.41, 5.74) is 8.06. The van der Waals surface area contributed by atoms with E-state index in [0.717, 1.165) is 36.1 Å². The monoisotopic (exact) mass is 507 g/mol. The van der Waals surface area contributed by atoms with E-state index in [0.29, 0.717) is 25.2 Å². The number of nitro benzene ring substituents is 1. The van der Waals surface area contributed by atoms with Gasteiger partial charge in [-0.15, -0.1) is 0 Å². The molecule has 1 fully saturated rings. The van der Waals surface area contributed by atoms with Crippen LogP contribution in [0, 0.1) is 22.0 Å². The van der Waals surface area contributed by atoms with E-state index in [1.54, 1.807) is 24.0 Å². The molecule has 37 heavy (non-hydrogen) atoms. The molecule has 0 saturated heterocycles. The van der Waals surface area contributed by atoms with E-state index in [2.05, 4.69) is 0 Å². The Kier molecular flexibility index (Phi) is 8.59. The molecule has 1 unspecified atom stereocenters. The molecule has 1 amide bonds. The maximum atomic E-state index is 14.3. The highest BCUT2D eigenvalue weighted by Gasteiger charge is 2.50. The maximum Gasteiger partial charge on any atom is 0.311 e. The van der Waals surface area contributed by atoms with Crippen molar-refractivity contribution in [3.05, 3.63) is 69.8 Å². The number of carbonyl (C=O) groups is 2. The number of carbonyl (C=O) groups excluding carboxylic acids is 2. The van der Waals surface area contributed by atoms with Crippen molar-refractivity contribution in [3.63, 3.8) is 0 Å². The zero-order valence-corrected chi connectivity index (χ0v) is 21.6. The fourth-order valence-electron chi connectivity index (χ4n) is 5.89. The number of para-hydroxylation sites is 1. The number of nitrogens with zero attached hydrogens (tertiary/aromatic N) is 2. The van der Waals surface area contributed by atoms with Crippen LogP contribution in [0.3, 0.4) is 0 Å². The van der Waals surface area contributed by atoms with Crippen molar-refractivity contribution in [2.75, 3.05) is 11.5 Å².